The maximum absolute atomic E-state index is 11.6. The molecule has 0 aliphatic heterocycles. The van der Waals surface area contributed by atoms with E-state index in [1.807, 2.05) is 31.2 Å². The van der Waals surface area contributed by atoms with Crippen LogP contribution in [0.25, 0.3) is 0 Å². The summed E-state index contributed by atoms with van der Waals surface area (Å²) in [5, 5.41) is 3.04. The predicted octanol–water partition coefficient (Wildman–Crippen LogP) is 2.43. The first-order valence-corrected chi connectivity index (χ1v) is 5.60. The molecule has 1 N–H and O–H groups in total. The summed E-state index contributed by atoms with van der Waals surface area (Å²) in [4.78, 5) is 11.6. The molecule has 0 aromatic heterocycles. The van der Waals surface area contributed by atoms with Gasteiger partial charge in [0.25, 0.3) is 0 Å². The van der Waals surface area contributed by atoms with Gasteiger partial charge in [-0.25, -0.2) is 0 Å². The van der Waals surface area contributed by atoms with Crippen LogP contribution in [0.4, 0.5) is 0 Å². The normalized spacial score (nSPS) is 10.3. The highest BCUT2D eigenvalue weighted by Crippen LogP contribution is 2.07. The summed E-state index contributed by atoms with van der Waals surface area (Å²) in [5.41, 5.74) is 2.10. The fourth-order valence-electron chi connectivity index (χ4n) is 1.49. The van der Waals surface area contributed by atoms with Crippen LogP contribution in [-0.4, -0.2) is 18.9 Å². The minimum absolute atomic E-state index is 0.167. The molecule has 0 saturated heterocycles. The summed E-state index contributed by atoms with van der Waals surface area (Å²) >= 11 is 0. The second-order valence-corrected chi connectivity index (χ2v) is 3.65. The molecule has 1 rings (SSSR count). The van der Waals surface area contributed by atoms with Crippen molar-refractivity contribution in [3.8, 4) is 0 Å². The van der Waals surface area contributed by atoms with Crippen LogP contribution < -0.4 is 5.32 Å². The number of carbonyl (C=O) groups excluding carboxylic acids is 1. The van der Waals surface area contributed by atoms with Gasteiger partial charge in [-0.3, -0.25) is 4.79 Å². The van der Waals surface area contributed by atoms with E-state index in [9.17, 15) is 4.79 Å². The van der Waals surface area contributed by atoms with Crippen molar-refractivity contribution in [1.82, 2.24) is 5.32 Å². The van der Waals surface area contributed by atoms with E-state index >= 15 is 0 Å². The Morgan fingerprint density at radius 2 is 1.87 bits per heavy atom. The fourth-order valence-corrected chi connectivity index (χ4v) is 1.49. The van der Waals surface area contributed by atoms with Crippen molar-refractivity contribution < 1.29 is 4.79 Å². The zero-order valence-electron chi connectivity index (χ0n) is 9.55. The van der Waals surface area contributed by atoms with Crippen molar-refractivity contribution in [3.05, 3.63) is 35.4 Å². The molecule has 2 nitrogen and oxygen atoms in total. The molecule has 15 heavy (non-hydrogen) atoms. The van der Waals surface area contributed by atoms with Crippen molar-refractivity contribution in [2.75, 3.05) is 13.1 Å². The molecule has 2 heteroatoms. The van der Waals surface area contributed by atoms with Gasteiger partial charge in [-0.1, -0.05) is 44.5 Å². The SMILES string of the molecule is CCCc1ccc(C(=O)CNCC)cc1. The number of nitrogens with one attached hydrogen (secondary N) is 1. The Kier molecular flexibility index (Phi) is 5.05. The minimum Gasteiger partial charge on any atom is -0.310 e. The fraction of sp³-hybridized carbons (Fsp3) is 0.462. The molecule has 0 fully saturated rings. The lowest BCUT2D eigenvalue weighted by Gasteiger charge is -2.03. The van der Waals surface area contributed by atoms with E-state index in [4.69, 9.17) is 0 Å². The zero-order valence-corrected chi connectivity index (χ0v) is 9.55. The summed E-state index contributed by atoms with van der Waals surface area (Å²) in [7, 11) is 0. The first-order valence-electron chi connectivity index (χ1n) is 5.60. The van der Waals surface area contributed by atoms with Gasteiger partial charge in [-0.05, 0) is 18.5 Å². The Morgan fingerprint density at radius 3 is 2.40 bits per heavy atom. The van der Waals surface area contributed by atoms with Gasteiger partial charge in [0, 0.05) is 5.56 Å². The van der Waals surface area contributed by atoms with E-state index < -0.39 is 0 Å². The quantitative estimate of drug-likeness (QED) is 0.723. The zero-order chi connectivity index (χ0) is 11.1. The molecule has 0 saturated carbocycles. The Bertz CT molecular complexity index is 303. The Hall–Kier alpha value is -1.15. The molecule has 0 atom stereocenters. The summed E-state index contributed by atoms with van der Waals surface area (Å²) in [6, 6.07) is 7.93. The number of hydrogen-bond donors (Lipinski definition) is 1. The average molecular weight is 205 g/mol. The number of aryl methyl sites for hydroxylation is 1. The maximum atomic E-state index is 11.6. The van der Waals surface area contributed by atoms with Gasteiger partial charge in [0.15, 0.2) is 5.78 Å². The monoisotopic (exact) mass is 205 g/mol. The van der Waals surface area contributed by atoms with Crippen molar-refractivity contribution in [3.63, 3.8) is 0 Å². The van der Waals surface area contributed by atoms with Crippen LogP contribution in [0.2, 0.25) is 0 Å². The Balaban J connectivity index is 2.58. The minimum atomic E-state index is 0.167. The second-order valence-electron chi connectivity index (χ2n) is 3.65. The van der Waals surface area contributed by atoms with Gasteiger partial charge in [-0.2, -0.15) is 0 Å². The lowest BCUT2D eigenvalue weighted by molar-refractivity contribution is 0.0992. The summed E-state index contributed by atoms with van der Waals surface area (Å²) < 4.78 is 0. The van der Waals surface area contributed by atoms with Crippen molar-refractivity contribution >= 4 is 5.78 Å². The first kappa shape index (κ1) is 11.9. The largest absolute Gasteiger partial charge is 0.310 e. The predicted molar refractivity (Wildman–Crippen MR) is 63.3 cm³/mol. The van der Waals surface area contributed by atoms with Crippen LogP contribution in [0.5, 0.6) is 0 Å². The molecule has 0 radical (unpaired) electrons. The second kappa shape index (κ2) is 6.36. The topological polar surface area (TPSA) is 29.1 Å². The van der Waals surface area contributed by atoms with Crippen LogP contribution in [-0.2, 0) is 6.42 Å². The molecule has 0 spiro atoms. The van der Waals surface area contributed by atoms with E-state index in [0.717, 1.165) is 24.9 Å². The van der Waals surface area contributed by atoms with Crippen LogP contribution in [0.1, 0.15) is 36.2 Å². The molecule has 1 aromatic carbocycles. The average Bonchev–Trinajstić information content (AvgIpc) is 2.27. The lowest BCUT2D eigenvalue weighted by Crippen LogP contribution is -2.22. The number of rotatable bonds is 6. The van der Waals surface area contributed by atoms with E-state index in [1.54, 1.807) is 0 Å². The highest BCUT2D eigenvalue weighted by atomic mass is 16.1. The molecule has 0 heterocycles. The van der Waals surface area contributed by atoms with Gasteiger partial charge in [0.05, 0.1) is 6.54 Å². The Labute approximate surface area is 91.7 Å². The van der Waals surface area contributed by atoms with Gasteiger partial charge < -0.3 is 5.32 Å². The lowest BCUT2D eigenvalue weighted by atomic mass is 10.1. The number of benzene rings is 1. The van der Waals surface area contributed by atoms with Crippen molar-refractivity contribution in [1.29, 1.82) is 0 Å². The summed E-state index contributed by atoms with van der Waals surface area (Å²) in [6.07, 6.45) is 2.23. The molecule has 82 valence electrons. The van der Waals surface area contributed by atoms with Gasteiger partial charge in [-0.15, -0.1) is 0 Å². The highest BCUT2D eigenvalue weighted by molar-refractivity contribution is 5.97. The van der Waals surface area contributed by atoms with E-state index in [-0.39, 0.29) is 5.78 Å². The molecular weight excluding hydrogens is 186 g/mol. The first-order chi connectivity index (χ1) is 7.27. The van der Waals surface area contributed by atoms with Crippen LogP contribution in [0.15, 0.2) is 24.3 Å². The maximum Gasteiger partial charge on any atom is 0.176 e. The van der Waals surface area contributed by atoms with Gasteiger partial charge in [0.1, 0.15) is 0 Å². The standard InChI is InChI=1S/C13H19NO/c1-3-5-11-6-8-12(9-7-11)13(15)10-14-4-2/h6-9,14H,3-5,10H2,1-2H3. The smallest absolute Gasteiger partial charge is 0.176 e. The molecule has 0 bridgehead atoms. The van der Waals surface area contributed by atoms with Crippen molar-refractivity contribution in [2.24, 2.45) is 0 Å². The van der Waals surface area contributed by atoms with Crippen LogP contribution >= 0.6 is 0 Å². The number of carbonyl (C=O) groups is 1. The highest BCUT2D eigenvalue weighted by Gasteiger charge is 2.03. The van der Waals surface area contributed by atoms with Gasteiger partial charge >= 0.3 is 0 Å². The third-order valence-corrected chi connectivity index (χ3v) is 2.35. The molecular formula is C13H19NO. The summed E-state index contributed by atoms with van der Waals surface area (Å²) in [5.74, 6) is 0.167. The third-order valence-electron chi connectivity index (χ3n) is 2.35. The molecule has 0 amide bonds. The number of ketones is 1. The number of likely N-dealkylation sites (N-methyl/N-ethyl adjacent to an activating group) is 1. The number of hydrogen-bond acceptors (Lipinski definition) is 2. The van der Waals surface area contributed by atoms with Crippen LogP contribution in [0, 0.1) is 0 Å². The van der Waals surface area contributed by atoms with E-state index in [1.165, 1.54) is 5.56 Å². The Morgan fingerprint density at radius 1 is 1.20 bits per heavy atom. The molecule has 0 unspecified atom stereocenters. The molecule has 1 aromatic rings. The molecule has 0 aliphatic carbocycles. The van der Waals surface area contributed by atoms with E-state index in [2.05, 4.69) is 12.2 Å². The summed E-state index contributed by atoms with van der Waals surface area (Å²) in [6.45, 7) is 5.42. The third kappa shape index (κ3) is 3.84. The van der Waals surface area contributed by atoms with Crippen molar-refractivity contribution in [2.45, 2.75) is 26.7 Å². The number of Topliss-reactive ketones (excluding diaryl/α,β-unsaturated/α-hetero) is 1. The van der Waals surface area contributed by atoms with E-state index in [0.29, 0.717) is 6.54 Å². The van der Waals surface area contributed by atoms with Crippen LogP contribution in [0.3, 0.4) is 0 Å². The molecule has 0 aliphatic rings. The van der Waals surface area contributed by atoms with Gasteiger partial charge in [0.2, 0.25) is 0 Å².